The number of benzene rings is 2. The third kappa shape index (κ3) is 5.00. The summed E-state index contributed by atoms with van der Waals surface area (Å²) in [5.74, 6) is 0.241. The third-order valence-electron chi connectivity index (χ3n) is 4.79. The van der Waals surface area contributed by atoms with Crippen molar-refractivity contribution in [2.24, 2.45) is 0 Å². The Hall–Kier alpha value is -2.75. The summed E-state index contributed by atoms with van der Waals surface area (Å²) in [5.41, 5.74) is 0.637. The van der Waals surface area contributed by atoms with Crippen molar-refractivity contribution in [2.45, 2.75) is 4.90 Å². The van der Waals surface area contributed by atoms with E-state index in [-0.39, 0.29) is 23.7 Å². The van der Waals surface area contributed by atoms with Crippen LogP contribution in [-0.4, -0.2) is 62.4 Å². The van der Waals surface area contributed by atoms with E-state index in [2.05, 4.69) is 4.90 Å². The van der Waals surface area contributed by atoms with Crippen molar-refractivity contribution < 1.29 is 18.1 Å². The average Bonchev–Trinajstić information content (AvgIpc) is 2.74. The van der Waals surface area contributed by atoms with Crippen LogP contribution in [0.3, 0.4) is 0 Å². The lowest BCUT2D eigenvalue weighted by Crippen LogP contribution is -2.48. The van der Waals surface area contributed by atoms with Gasteiger partial charge in [-0.25, -0.2) is 8.42 Å². The summed E-state index contributed by atoms with van der Waals surface area (Å²) >= 11 is 0. The van der Waals surface area contributed by atoms with Gasteiger partial charge in [-0.05, 0) is 17.7 Å². The molecule has 0 saturated carbocycles. The fourth-order valence-corrected chi connectivity index (χ4v) is 4.74. The summed E-state index contributed by atoms with van der Waals surface area (Å²) in [6, 6.07) is 13.7. The summed E-state index contributed by atoms with van der Waals surface area (Å²) in [4.78, 5) is 12.5. The third-order valence-corrected chi connectivity index (χ3v) is 6.73. The first-order chi connectivity index (χ1) is 13.9. The molecule has 154 valence electrons. The number of nitro benzene ring substituents is 1. The summed E-state index contributed by atoms with van der Waals surface area (Å²) in [6.07, 6.45) is 4.08. The maximum absolute atomic E-state index is 13.0. The molecule has 0 amide bonds. The van der Waals surface area contributed by atoms with Gasteiger partial charge in [0.25, 0.3) is 5.69 Å². The number of piperazine rings is 1. The molecule has 8 nitrogen and oxygen atoms in total. The fraction of sp³-hybridized carbons (Fsp3) is 0.300. The van der Waals surface area contributed by atoms with Crippen LogP contribution >= 0.6 is 0 Å². The standard InChI is InChI=1S/C20H23N3O5S/c1-28-18-9-10-20(19(16-18)23(24)25)29(26,27)22-14-12-21(13-15-22)11-5-8-17-6-3-2-4-7-17/h2-10,16H,11-15H2,1H3/b8-5+. The molecular weight excluding hydrogens is 394 g/mol. The second-order valence-corrected chi connectivity index (χ2v) is 8.51. The van der Waals surface area contributed by atoms with Crippen LogP contribution in [0.15, 0.2) is 59.5 Å². The van der Waals surface area contributed by atoms with E-state index in [4.69, 9.17) is 4.74 Å². The van der Waals surface area contributed by atoms with E-state index >= 15 is 0 Å². The van der Waals surface area contributed by atoms with Crippen LogP contribution < -0.4 is 4.74 Å². The molecule has 29 heavy (non-hydrogen) atoms. The lowest BCUT2D eigenvalue weighted by molar-refractivity contribution is -0.387. The van der Waals surface area contributed by atoms with Gasteiger partial charge >= 0.3 is 0 Å². The van der Waals surface area contributed by atoms with Gasteiger partial charge in [-0.3, -0.25) is 15.0 Å². The predicted molar refractivity (Wildman–Crippen MR) is 110 cm³/mol. The van der Waals surface area contributed by atoms with Gasteiger partial charge in [-0.1, -0.05) is 42.5 Å². The Morgan fingerprint density at radius 3 is 2.41 bits per heavy atom. The van der Waals surface area contributed by atoms with E-state index < -0.39 is 20.6 Å². The van der Waals surface area contributed by atoms with E-state index in [0.717, 1.165) is 11.6 Å². The van der Waals surface area contributed by atoms with E-state index in [1.165, 1.54) is 23.5 Å². The van der Waals surface area contributed by atoms with Crippen LogP contribution in [0.1, 0.15) is 5.56 Å². The highest BCUT2D eigenvalue weighted by molar-refractivity contribution is 7.89. The normalized spacial score (nSPS) is 16.2. The number of nitrogens with zero attached hydrogens (tertiary/aromatic N) is 3. The molecule has 0 aliphatic carbocycles. The van der Waals surface area contributed by atoms with Crippen molar-refractivity contribution in [3.05, 3.63) is 70.3 Å². The Bertz CT molecular complexity index is 984. The summed E-state index contributed by atoms with van der Waals surface area (Å²) in [5, 5.41) is 11.4. The second-order valence-electron chi connectivity index (χ2n) is 6.61. The number of sulfonamides is 1. The van der Waals surface area contributed by atoms with Gasteiger partial charge < -0.3 is 4.74 Å². The summed E-state index contributed by atoms with van der Waals surface area (Å²) < 4.78 is 32.2. The van der Waals surface area contributed by atoms with Crippen molar-refractivity contribution in [1.82, 2.24) is 9.21 Å². The van der Waals surface area contributed by atoms with Gasteiger partial charge in [0.2, 0.25) is 10.0 Å². The molecule has 0 N–H and O–H groups in total. The van der Waals surface area contributed by atoms with Crippen LogP contribution in [0.25, 0.3) is 6.08 Å². The van der Waals surface area contributed by atoms with Crippen molar-refractivity contribution in [3.8, 4) is 5.75 Å². The molecular formula is C20H23N3O5S. The second kappa shape index (κ2) is 9.17. The molecule has 9 heteroatoms. The highest BCUT2D eigenvalue weighted by Crippen LogP contribution is 2.30. The van der Waals surface area contributed by atoms with E-state index in [9.17, 15) is 18.5 Å². The summed E-state index contributed by atoms with van der Waals surface area (Å²) in [6.45, 7) is 2.39. The number of rotatable bonds is 7. The number of ether oxygens (including phenoxy) is 1. The van der Waals surface area contributed by atoms with E-state index in [1.54, 1.807) is 0 Å². The predicted octanol–water partition coefficient (Wildman–Crippen LogP) is 2.62. The lowest BCUT2D eigenvalue weighted by atomic mass is 10.2. The van der Waals surface area contributed by atoms with Crippen molar-refractivity contribution in [2.75, 3.05) is 39.8 Å². The molecule has 0 unspecified atom stereocenters. The zero-order valence-electron chi connectivity index (χ0n) is 16.1. The zero-order chi connectivity index (χ0) is 20.9. The van der Waals surface area contributed by atoms with Crippen LogP contribution in [0.2, 0.25) is 0 Å². The quantitative estimate of drug-likeness (QED) is 0.508. The Morgan fingerprint density at radius 2 is 1.79 bits per heavy atom. The Morgan fingerprint density at radius 1 is 1.10 bits per heavy atom. The first-order valence-corrected chi connectivity index (χ1v) is 10.6. The largest absolute Gasteiger partial charge is 0.497 e. The molecule has 1 heterocycles. The summed E-state index contributed by atoms with van der Waals surface area (Å²) in [7, 11) is -2.58. The topological polar surface area (TPSA) is 93.0 Å². The number of hydrogen-bond donors (Lipinski definition) is 0. The van der Waals surface area contributed by atoms with E-state index in [0.29, 0.717) is 19.6 Å². The minimum Gasteiger partial charge on any atom is -0.497 e. The first kappa shape index (κ1) is 21.0. The molecule has 1 fully saturated rings. The molecule has 2 aromatic carbocycles. The van der Waals surface area contributed by atoms with Crippen LogP contribution in [-0.2, 0) is 10.0 Å². The number of hydrogen-bond acceptors (Lipinski definition) is 6. The monoisotopic (exact) mass is 417 g/mol. The smallest absolute Gasteiger partial charge is 0.293 e. The molecule has 2 aromatic rings. The molecule has 1 aliphatic rings. The molecule has 1 aliphatic heterocycles. The Balaban J connectivity index is 1.65. The maximum Gasteiger partial charge on any atom is 0.293 e. The van der Waals surface area contributed by atoms with E-state index in [1.807, 2.05) is 42.5 Å². The minimum atomic E-state index is -3.96. The minimum absolute atomic E-state index is 0.241. The van der Waals surface area contributed by atoms with Gasteiger partial charge in [0, 0.05) is 32.7 Å². The Labute approximate surface area is 170 Å². The first-order valence-electron chi connectivity index (χ1n) is 9.18. The highest BCUT2D eigenvalue weighted by Gasteiger charge is 2.33. The van der Waals surface area contributed by atoms with Crippen molar-refractivity contribution in [3.63, 3.8) is 0 Å². The zero-order valence-corrected chi connectivity index (χ0v) is 16.9. The van der Waals surface area contributed by atoms with Crippen molar-refractivity contribution in [1.29, 1.82) is 0 Å². The lowest BCUT2D eigenvalue weighted by Gasteiger charge is -2.33. The molecule has 0 spiro atoms. The molecule has 0 atom stereocenters. The molecule has 0 aromatic heterocycles. The van der Waals surface area contributed by atoms with Crippen LogP contribution in [0.5, 0.6) is 5.75 Å². The fourth-order valence-electron chi connectivity index (χ4n) is 3.18. The molecule has 0 bridgehead atoms. The Kier molecular flexibility index (Phi) is 6.63. The SMILES string of the molecule is COc1ccc(S(=O)(=O)N2CCN(C/C=C/c3ccccc3)CC2)c([N+](=O)[O-])c1. The van der Waals surface area contributed by atoms with Gasteiger partial charge in [0.05, 0.1) is 18.1 Å². The van der Waals surface area contributed by atoms with Crippen LogP contribution in [0.4, 0.5) is 5.69 Å². The average molecular weight is 417 g/mol. The van der Waals surface area contributed by atoms with Gasteiger partial charge in [-0.2, -0.15) is 4.31 Å². The van der Waals surface area contributed by atoms with Gasteiger partial charge in [-0.15, -0.1) is 0 Å². The maximum atomic E-state index is 13.0. The number of methoxy groups -OCH3 is 1. The van der Waals surface area contributed by atoms with Gasteiger partial charge in [0.15, 0.2) is 4.90 Å². The molecule has 0 radical (unpaired) electrons. The van der Waals surface area contributed by atoms with Crippen LogP contribution in [0, 0.1) is 10.1 Å². The van der Waals surface area contributed by atoms with Gasteiger partial charge in [0.1, 0.15) is 5.75 Å². The highest BCUT2D eigenvalue weighted by atomic mass is 32.2. The van der Waals surface area contributed by atoms with Crippen molar-refractivity contribution >= 4 is 21.8 Å². The molecule has 3 rings (SSSR count). The number of nitro groups is 1. The molecule has 1 saturated heterocycles.